The van der Waals surface area contributed by atoms with Crippen molar-refractivity contribution in [3.05, 3.63) is 47.8 Å². The Morgan fingerprint density at radius 3 is 2.59 bits per heavy atom. The molecule has 3 rings (SSSR count). The van der Waals surface area contributed by atoms with Gasteiger partial charge in [0, 0.05) is 24.6 Å². The number of anilines is 1. The zero-order chi connectivity index (χ0) is 19.2. The third kappa shape index (κ3) is 4.38. The number of fused-ring (bicyclic) bond motifs is 1. The molecule has 0 saturated heterocycles. The van der Waals surface area contributed by atoms with Gasteiger partial charge in [0.15, 0.2) is 11.5 Å². The Labute approximate surface area is 155 Å². The lowest BCUT2D eigenvalue weighted by Gasteiger charge is -2.06. The zero-order valence-corrected chi connectivity index (χ0v) is 15.0. The molecule has 3 aromatic rings. The van der Waals surface area contributed by atoms with E-state index in [-0.39, 0.29) is 12.3 Å². The number of hydrogen-bond donors (Lipinski definition) is 1. The number of ether oxygens (including phenoxy) is 2. The Balaban J connectivity index is 1.59. The summed E-state index contributed by atoms with van der Waals surface area (Å²) in [7, 11) is 1.53. The van der Waals surface area contributed by atoms with Crippen LogP contribution in [-0.2, 0) is 16.0 Å². The van der Waals surface area contributed by atoms with Gasteiger partial charge in [-0.3, -0.25) is 4.79 Å². The van der Waals surface area contributed by atoms with Crippen molar-refractivity contribution in [2.75, 3.05) is 19.0 Å². The molecule has 1 aromatic carbocycles. The van der Waals surface area contributed by atoms with Gasteiger partial charge in [0.25, 0.3) is 0 Å². The number of aromatic nitrogens is 4. The van der Waals surface area contributed by atoms with Gasteiger partial charge in [-0.1, -0.05) is 0 Å². The van der Waals surface area contributed by atoms with Gasteiger partial charge >= 0.3 is 5.97 Å². The van der Waals surface area contributed by atoms with Gasteiger partial charge in [-0.2, -0.15) is 4.52 Å². The third-order valence-corrected chi connectivity index (χ3v) is 3.77. The second kappa shape index (κ2) is 8.26. The van der Waals surface area contributed by atoms with E-state index in [0.717, 1.165) is 0 Å². The quantitative estimate of drug-likeness (QED) is 0.634. The maximum Gasteiger partial charge on any atom is 0.338 e. The fraction of sp³-hybridized carbons (Fsp3) is 0.278. The molecule has 9 heteroatoms. The molecule has 1 N–H and O–H groups in total. The molecule has 0 atom stereocenters. The fourth-order valence-electron chi connectivity index (χ4n) is 2.43. The lowest BCUT2D eigenvalue weighted by molar-refractivity contribution is -0.116. The average Bonchev–Trinajstić information content (AvgIpc) is 3.09. The first-order valence-electron chi connectivity index (χ1n) is 8.43. The lowest BCUT2D eigenvalue weighted by atomic mass is 10.2. The highest BCUT2D eigenvalue weighted by molar-refractivity contribution is 5.93. The van der Waals surface area contributed by atoms with Crippen molar-refractivity contribution >= 4 is 23.2 Å². The van der Waals surface area contributed by atoms with Crippen molar-refractivity contribution in [3.63, 3.8) is 0 Å². The molecule has 140 valence electrons. The predicted molar refractivity (Wildman–Crippen MR) is 96.7 cm³/mol. The highest BCUT2D eigenvalue weighted by Crippen LogP contribution is 2.13. The van der Waals surface area contributed by atoms with Crippen LogP contribution in [0.2, 0.25) is 0 Å². The SMILES string of the molecule is CCOC(=O)c1ccc(NC(=O)CCc2nnc3ccc(OC)nn23)cc1. The summed E-state index contributed by atoms with van der Waals surface area (Å²) in [5.74, 6) is 0.432. The molecule has 2 heterocycles. The summed E-state index contributed by atoms with van der Waals surface area (Å²) < 4.78 is 11.6. The molecule has 0 saturated carbocycles. The van der Waals surface area contributed by atoms with Crippen molar-refractivity contribution < 1.29 is 19.1 Å². The summed E-state index contributed by atoms with van der Waals surface area (Å²) in [6, 6.07) is 9.96. The minimum atomic E-state index is -0.392. The Morgan fingerprint density at radius 1 is 1.11 bits per heavy atom. The number of amides is 1. The number of nitrogens with one attached hydrogen (secondary N) is 1. The van der Waals surface area contributed by atoms with Gasteiger partial charge in [0.05, 0.1) is 19.3 Å². The maximum atomic E-state index is 12.2. The van der Waals surface area contributed by atoms with E-state index in [0.29, 0.717) is 41.6 Å². The second-order valence-electron chi connectivity index (χ2n) is 5.61. The number of nitrogens with zero attached hydrogens (tertiary/aromatic N) is 4. The smallest absolute Gasteiger partial charge is 0.338 e. The van der Waals surface area contributed by atoms with Crippen LogP contribution in [0.3, 0.4) is 0 Å². The van der Waals surface area contributed by atoms with Crippen molar-refractivity contribution in [3.8, 4) is 5.88 Å². The van der Waals surface area contributed by atoms with Gasteiger partial charge in [-0.15, -0.1) is 15.3 Å². The highest BCUT2D eigenvalue weighted by atomic mass is 16.5. The van der Waals surface area contributed by atoms with E-state index in [1.165, 1.54) is 7.11 Å². The van der Waals surface area contributed by atoms with Gasteiger partial charge in [-0.25, -0.2) is 4.79 Å². The van der Waals surface area contributed by atoms with E-state index in [4.69, 9.17) is 9.47 Å². The van der Waals surface area contributed by atoms with Crippen LogP contribution < -0.4 is 10.1 Å². The Bertz CT molecular complexity index is 952. The largest absolute Gasteiger partial charge is 0.480 e. The third-order valence-electron chi connectivity index (χ3n) is 3.77. The number of benzene rings is 1. The van der Waals surface area contributed by atoms with Crippen LogP contribution in [0.5, 0.6) is 5.88 Å². The lowest BCUT2D eigenvalue weighted by Crippen LogP contribution is -2.14. The summed E-state index contributed by atoms with van der Waals surface area (Å²) in [6.07, 6.45) is 0.577. The number of esters is 1. The van der Waals surface area contributed by atoms with Crippen molar-refractivity contribution in [1.29, 1.82) is 0 Å². The molecule has 0 aliphatic heterocycles. The molecule has 27 heavy (non-hydrogen) atoms. The fourth-order valence-corrected chi connectivity index (χ4v) is 2.43. The second-order valence-corrected chi connectivity index (χ2v) is 5.61. The highest BCUT2D eigenvalue weighted by Gasteiger charge is 2.11. The van der Waals surface area contributed by atoms with E-state index < -0.39 is 5.97 Å². The summed E-state index contributed by atoms with van der Waals surface area (Å²) in [5.41, 5.74) is 1.62. The van der Waals surface area contributed by atoms with Crippen molar-refractivity contribution in [2.24, 2.45) is 0 Å². The molecule has 0 aliphatic carbocycles. The standard InChI is InChI=1S/C18H19N5O4/c1-3-27-18(25)12-4-6-13(7-5-12)19-16(24)10-8-14-20-21-15-9-11-17(26-2)22-23(14)15/h4-7,9,11H,3,8,10H2,1-2H3,(H,19,24). The number of methoxy groups -OCH3 is 1. The minimum absolute atomic E-state index is 0.182. The molecule has 9 nitrogen and oxygen atoms in total. The molecule has 0 bridgehead atoms. The number of carbonyl (C=O) groups excluding carboxylic acids is 2. The Hall–Kier alpha value is -3.49. The first-order chi connectivity index (χ1) is 13.1. The van der Waals surface area contributed by atoms with E-state index in [1.807, 2.05) is 0 Å². The van der Waals surface area contributed by atoms with Crippen LogP contribution in [0.25, 0.3) is 5.65 Å². The first kappa shape index (κ1) is 18.3. The molecule has 0 spiro atoms. The average molecular weight is 369 g/mol. The molecular formula is C18H19N5O4. The summed E-state index contributed by atoms with van der Waals surface area (Å²) in [4.78, 5) is 23.8. The number of hydrogen-bond acceptors (Lipinski definition) is 7. The number of rotatable bonds is 7. The summed E-state index contributed by atoms with van der Waals surface area (Å²) in [5, 5.41) is 15.1. The van der Waals surface area contributed by atoms with Gasteiger partial charge < -0.3 is 14.8 Å². The van der Waals surface area contributed by atoms with E-state index in [9.17, 15) is 9.59 Å². The molecule has 2 aromatic heterocycles. The molecule has 1 amide bonds. The zero-order valence-electron chi connectivity index (χ0n) is 15.0. The molecule has 0 radical (unpaired) electrons. The predicted octanol–water partition coefficient (Wildman–Crippen LogP) is 1.88. The van der Waals surface area contributed by atoms with Crippen LogP contribution >= 0.6 is 0 Å². The van der Waals surface area contributed by atoms with E-state index in [1.54, 1.807) is 47.8 Å². The van der Waals surface area contributed by atoms with Gasteiger partial charge in [0.2, 0.25) is 11.8 Å². The first-order valence-corrected chi connectivity index (χ1v) is 8.43. The Kier molecular flexibility index (Phi) is 5.60. The number of carbonyl (C=O) groups is 2. The van der Waals surface area contributed by atoms with Crippen LogP contribution in [-0.4, -0.2) is 45.4 Å². The van der Waals surface area contributed by atoms with E-state index >= 15 is 0 Å². The summed E-state index contributed by atoms with van der Waals surface area (Å²) in [6.45, 7) is 2.06. The normalized spacial score (nSPS) is 10.6. The maximum absolute atomic E-state index is 12.2. The summed E-state index contributed by atoms with van der Waals surface area (Å²) >= 11 is 0. The molecule has 0 aliphatic rings. The van der Waals surface area contributed by atoms with Crippen LogP contribution in [0.4, 0.5) is 5.69 Å². The van der Waals surface area contributed by atoms with Gasteiger partial charge in [-0.05, 0) is 37.3 Å². The molecule has 0 unspecified atom stereocenters. The van der Waals surface area contributed by atoms with Crippen LogP contribution in [0.1, 0.15) is 29.5 Å². The van der Waals surface area contributed by atoms with Crippen LogP contribution in [0, 0.1) is 0 Å². The number of aryl methyl sites for hydroxylation is 1. The molecular weight excluding hydrogens is 350 g/mol. The Morgan fingerprint density at radius 2 is 1.89 bits per heavy atom. The molecule has 0 fully saturated rings. The van der Waals surface area contributed by atoms with Crippen molar-refractivity contribution in [2.45, 2.75) is 19.8 Å². The topological polar surface area (TPSA) is 108 Å². The minimum Gasteiger partial charge on any atom is -0.480 e. The van der Waals surface area contributed by atoms with Crippen molar-refractivity contribution in [1.82, 2.24) is 19.8 Å². The van der Waals surface area contributed by atoms with Gasteiger partial charge in [0.1, 0.15) is 0 Å². The monoisotopic (exact) mass is 369 g/mol. The van der Waals surface area contributed by atoms with Crippen LogP contribution in [0.15, 0.2) is 36.4 Å². The van der Waals surface area contributed by atoms with E-state index in [2.05, 4.69) is 20.6 Å².